The number of para-hydroxylation sites is 1. The summed E-state index contributed by atoms with van der Waals surface area (Å²) in [6.45, 7) is 3.39. The highest BCUT2D eigenvalue weighted by Gasteiger charge is 2.14. The van der Waals surface area contributed by atoms with E-state index in [1.807, 2.05) is 0 Å². The highest BCUT2D eigenvalue weighted by Crippen LogP contribution is 2.37. The molecule has 0 aliphatic heterocycles. The molecular formula is C28H39Br2N. The van der Waals surface area contributed by atoms with E-state index < -0.39 is 0 Å². The van der Waals surface area contributed by atoms with Crippen molar-refractivity contribution in [2.75, 3.05) is 0 Å². The first kappa shape index (κ1) is 24.8. The molecule has 1 nitrogen and oxygen atoms in total. The van der Waals surface area contributed by atoms with Crippen LogP contribution < -0.4 is 0 Å². The van der Waals surface area contributed by atoms with Gasteiger partial charge in [-0.3, -0.25) is 0 Å². The summed E-state index contributed by atoms with van der Waals surface area (Å²) in [4.78, 5) is 0. The van der Waals surface area contributed by atoms with Crippen molar-refractivity contribution in [3.8, 4) is 0 Å². The van der Waals surface area contributed by atoms with Gasteiger partial charge in [-0.2, -0.15) is 0 Å². The molecule has 0 bridgehead atoms. The monoisotopic (exact) mass is 547 g/mol. The predicted octanol–water partition coefficient (Wildman–Crippen LogP) is 10.8. The minimum absolute atomic E-state index is 1.09. The van der Waals surface area contributed by atoms with Crippen LogP contribution in [0.1, 0.15) is 96.8 Å². The van der Waals surface area contributed by atoms with Crippen molar-refractivity contribution < 1.29 is 0 Å². The summed E-state index contributed by atoms with van der Waals surface area (Å²) >= 11 is 7.52. The summed E-state index contributed by atoms with van der Waals surface area (Å²) in [6.07, 6.45) is 19.7. The van der Waals surface area contributed by atoms with Gasteiger partial charge >= 0.3 is 0 Å². The van der Waals surface area contributed by atoms with Gasteiger partial charge in [0.2, 0.25) is 0 Å². The number of fused-ring (bicyclic) bond motifs is 3. The lowest BCUT2D eigenvalue weighted by molar-refractivity contribution is 0.528. The summed E-state index contributed by atoms with van der Waals surface area (Å²) < 4.78 is 4.82. The molecule has 0 fully saturated rings. The van der Waals surface area contributed by atoms with Crippen LogP contribution in [-0.2, 0) is 6.54 Å². The molecule has 0 saturated heterocycles. The zero-order valence-corrected chi connectivity index (χ0v) is 22.4. The van der Waals surface area contributed by atoms with E-state index in [2.05, 4.69) is 79.7 Å². The number of unbranched alkanes of at least 4 members (excludes halogenated alkanes) is 13. The SMILES string of the molecule is CCCCCCCCCCCCCCCCn1c2ccccc2c2ccc(Br)c(Br)c21. The molecule has 1 aromatic heterocycles. The van der Waals surface area contributed by atoms with E-state index in [9.17, 15) is 0 Å². The maximum atomic E-state index is 3.83. The van der Waals surface area contributed by atoms with Crippen LogP contribution in [0.5, 0.6) is 0 Å². The van der Waals surface area contributed by atoms with Crippen LogP contribution in [0.3, 0.4) is 0 Å². The molecule has 0 spiro atoms. The van der Waals surface area contributed by atoms with Crippen LogP contribution >= 0.6 is 31.9 Å². The molecule has 170 valence electrons. The van der Waals surface area contributed by atoms with Crippen molar-refractivity contribution in [3.05, 3.63) is 45.3 Å². The van der Waals surface area contributed by atoms with Crippen LogP contribution in [0.4, 0.5) is 0 Å². The Morgan fingerprint density at radius 1 is 0.613 bits per heavy atom. The van der Waals surface area contributed by atoms with Crippen LogP contribution in [0, 0.1) is 0 Å². The third kappa shape index (κ3) is 7.09. The molecule has 0 saturated carbocycles. The van der Waals surface area contributed by atoms with Gasteiger partial charge in [0.05, 0.1) is 9.99 Å². The summed E-state index contributed by atoms with van der Waals surface area (Å²) in [6, 6.07) is 13.2. The lowest BCUT2D eigenvalue weighted by Gasteiger charge is -2.09. The van der Waals surface area contributed by atoms with Crippen molar-refractivity contribution >= 4 is 53.7 Å². The minimum atomic E-state index is 1.09. The summed E-state index contributed by atoms with van der Waals surface area (Å²) in [5.74, 6) is 0. The molecule has 2 aromatic carbocycles. The maximum absolute atomic E-state index is 3.83. The van der Waals surface area contributed by atoms with E-state index in [0.717, 1.165) is 11.0 Å². The summed E-state index contributed by atoms with van der Waals surface area (Å²) in [7, 11) is 0. The molecule has 1 heterocycles. The second-order valence-corrected chi connectivity index (χ2v) is 10.7. The van der Waals surface area contributed by atoms with Crippen molar-refractivity contribution in [2.24, 2.45) is 0 Å². The molecule has 0 amide bonds. The van der Waals surface area contributed by atoms with E-state index in [0.29, 0.717) is 0 Å². The number of hydrogen-bond acceptors (Lipinski definition) is 0. The maximum Gasteiger partial charge on any atom is 0.0647 e. The van der Waals surface area contributed by atoms with Crippen molar-refractivity contribution in [1.29, 1.82) is 0 Å². The number of halogens is 2. The van der Waals surface area contributed by atoms with Gasteiger partial charge < -0.3 is 4.57 Å². The van der Waals surface area contributed by atoms with Crippen LogP contribution in [0.15, 0.2) is 45.3 Å². The first-order valence-electron chi connectivity index (χ1n) is 12.6. The van der Waals surface area contributed by atoms with E-state index in [-0.39, 0.29) is 0 Å². The number of aryl methyl sites for hydroxylation is 1. The Kier molecular flexibility index (Phi) is 11.0. The third-order valence-corrected chi connectivity index (χ3v) is 8.55. The smallest absolute Gasteiger partial charge is 0.0647 e. The Labute approximate surface area is 206 Å². The Morgan fingerprint density at radius 3 is 1.77 bits per heavy atom. The van der Waals surface area contributed by atoms with Gasteiger partial charge in [0.25, 0.3) is 0 Å². The van der Waals surface area contributed by atoms with Gasteiger partial charge in [-0.1, -0.05) is 115 Å². The normalized spacial score (nSPS) is 11.7. The topological polar surface area (TPSA) is 4.93 Å². The van der Waals surface area contributed by atoms with E-state index >= 15 is 0 Å². The fourth-order valence-electron chi connectivity index (χ4n) is 4.78. The van der Waals surface area contributed by atoms with Crippen LogP contribution in [0.2, 0.25) is 0 Å². The number of hydrogen-bond donors (Lipinski definition) is 0. The molecule has 3 rings (SSSR count). The molecule has 3 heteroatoms. The lowest BCUT2D eigenvalue weighted by Crippen LogP contribution is -1.98. The molecule has 0 aliphatic rings. The third-order valence-electron chi connectivity index (χ3n) is 6.56. The van der Waals surface area contributed by atoms with Crippen molar-refractivity contribution in [3.63, 3.8) is 0 Å². The fourth-order valence-corrected chi connectivity index (χ4v) is 5.65. The Bertz CT molecular complexity index is 928. The molecular weight excluding hydrogens is 510 g/mol. The van der Waals surface area contributed by atoms with Gasteiger partial charge in [0.15, 0.2) is 0 Å². The first-order chi connectivity index (χ1) is 15.2. The zero-order chi connectivity index (χ0) is 21.9. The standard InChI is InChI=1S/C28H39Br2N/c1-2-3-4-5-6-7-8-9-10-11-12-13-14-17-22-31-26-19-16-15-18-23(26)24-20-21-25(29)27(30)28(24)31/h15-16,18-21H,2-14,17,22H2,1H3. The Morgan fingerprint density at radius 2 is 1.16 bits per heavy atom. The number of aromatic nitrogens is 1. The molecule has 0 atom stereocenters. The summed E-state index contributed by atoms with van der Waals surface area (Å²) in [5, 5.41) is 2.70. The largest absolute Gasteiger partial charge is 0.340 e. The number of nitrogens with zero attached hydrogens (tertiary/aromatic N) is 1. The molecule has 0 N–H and O–H groups in total. The zero-order valence-electron chi connectivity index (χ0n) is 19.3. The molecule has 0 radical (unpaired) electrons. The highest BCUT2D eigenvalue weighted by atomic mass is 79.9. The van der Waals surface area contributed by atoms with Gasteiger partial charge in [-0.25, -0.2) is 0 Å². The first-order valence-corrected chi connectivity index (χ1v) is 14.2. The van der Waals surface area contributed by atoms with E-state index in [1.165, 1.54) is 116 Å². The average molecular weight is 549 g/mol. The molecule has 31 heavy (non-hydrogen) atoms. The van der Waals surface area contributed by atoms with E-state index in [1.54, 1.807) is 0 Å². The fraction of sp³-hybridized carbons (Fsp3) is 0.571. The molecule has 0 aliphatic carbocycles. The second-order valence-electron chi connectivity index (χ2n) is 9.02. The van der Waals surface area contributed by atoms with Crippen molar-refractivity contribution in [1.82, 2.24) is 4.57 Å². The van der Waals surface area contributed by atoms with E-state index in [4.69, 9.17) is 0 Å². The average Bonchev–Trinajstić information content (AvgIpc) is 3.11. The van der Waals surface area contributed by atoms with Gasteiger partial charge in [-0.05, 0) is 50.4 Å². The van der Waals surface area contributed by atoms with Crippen LogP contribution in [-0.4, -0.2) is 4.57 Å². The minimum Gasteiger partial charge on any atom is -0.340 e. The Hall–Kier alpha value is -0.800. The summed E-state index contributed by atoms with van der Waals surface area (Å²) in [5.41, 5.74) is 2.68. The van der Waals surface area contributed by atoms with Crippen LogP contribution in [0.25, 0.3) is 21.8 Å². The molecule has 0 unspecified atom stereocenters. The predicted molar refractivity (Wildman–Crippen MR) is 145 cm³/mol. The lowest BCUT2D eigenvalue weighted by atomic mass is 10.0. The Balaban J connectivity index is 1.36. The number of rotatable bonds is 15. The molecule has 3 aromatic rings. The van der Waals surface area contributed by atoms with Gasteiger partial charge in [-0.15, -0.1) is 0 Å². The quantitative estimate of drug-likeness (QED) is 0.166. The van der Waals surface area contributed by atoms with Crippen molar-refractivity contribution in [2.45, 2.75) is 103 Å². The second kappa shape index (κ2) is 13.7. The van der Waals surface area contributed by atoms with Gasteiger partial charge in [0, 0.05) is 27.3 Å². The number of benzene rings is 2. The van der Waals surface area contributed by atoms with Gasteiger partial charge in [0.1, 0.15) is 0 Å². The highest BCUT2D eigenvalue weighted by molar-refractivity contribution is 9.13.